The lowest BCUT2D eigenvalue weighted by atomic mass is 9.91. The van der Waals surface area contributed by atoms with Crippen molar-refractivity contribution in [3.05, 3.63) is 41.1 Å². The van der Waals surface area contributed by atoms with Crippen molar-refractivity contribution in [2.24, 2.45) is 0 Å². The average Bonchev–Trinajstić information content (AvgIpc) is 2.77. The predicted octanol–water partition coefficient (Wildman–Crippen LogP) is 3.78. The number of amides is 1. The number of hydrogen-bond donors (Lipinski definition) is 2. The molecule has 0 atom stereocenters. The number of nitrogens with one attached hydrogen (secondary N) is 2. The van der Waals surface area contributed by atoms with Gasteiger partial charge in [0.1, 0.15) is 11.6 Å². The number of carbonyl (C=O) groups excluding carboxylic acids is 2. The van der Waals surface area contributed by atoms with Crippen molar-refractivity contribution in [1.82, 2.24) is 15.3 Å². The first-order valence-corrected chi connectivity index (χ1v) is 10.9. The van der Waals surface area contributed by atoms with Crippen LogP contribution in [0.4, 0.5) is 24.9 Å². The van der Waals surface area contributed by atoms with E-state index in [-0.39, 0.29) is 17.6 Å². The van der Waals surface area contributed by atoms with E-state index in [0.29, 0.717) is 18.8 Å². The van der Waals surface area contributed by atoms with Gasteiger partial charge in [-0.25, -0.2) is 9.78 Å². The quantitative estimate of drug-likeness (QED) is 0.481. The number of para-hydroxylation sites is 1. The summed E-state index contributed by atoms with van der Waals surface area (Å²) in [4.78, 5) is 34.9. The molecular formula is C23H28F3N5O3. The molecule has 0 radical (unpaired) electrons. The molecule has 0 saturated heterocycles. The highest BCUT2D eigenvalue weighted by molar-refractivity contribution is 5.98. The number of ether oxygens (including phenoxy) is 1. The Kier molecular flexibility index (Phi) is 7.63. The second-order valence-electron chi connectivity index (χ2n) is 8.53. The molecule has 1 aromatic carbocycles. The van der Waals surface area contributed by atoms with E-state index in [1.807, 2.05) is 32.8 Å². The van der Waals surface area contributed by atoms with Gasteiger partial charge >= 0.3 is 12.1 Å². The SMILES string of the molecule is Cc1nc(NC2CCC(NC(=O)c3ccccc3OC(=O)C(F)(F)F)CC2)nc(N(C)C)c1C. The number of benzene rings is 1. The van der Waals surface area contributed by atoms with E-state index in [2.05, 4.69) is 25.3 Å². The van der Waals surface area contributed by atoms with Gasteiger partial charge in [-0.15, -0.1) is 0 Å². The van der Waals surface area contributed by atoms with Gasteiger partial charge in [0.2, 0.25) is 5.95 Å². The highest BCUT2D eigenvalue weighted by Gasteiger charge is 2.42. The maximum atomic E-state index is 12.7. The van der Waals surface area contributed by atoms with Gasteiger partial charge in [-0.2, -0.15) is 18.2 Å². The number of aromatic nitrogens is 2. The summed E-state index contributed by atoms with van der Waals surface area (Å²) in [6, 6.07) is 5.33. The number of halogens is 3. The molecule has 8 nitrogen and oxygen atoms in total. The van der Waals surface area contributed by atoms with Crippen LogP contribution in [0.15, 0.2) is 24.3 Å². The zero-order chi connectivity index (χ0) is 25.0. The third kappa shape index (κ3) is 6.15. The van der Waals surface area contributed by atoms with Crippen LogP contribution in [0.3, 0.4) is 0 Å². The number of hydrogen-bond acceptors (Lipinski definition) is 7. The third-order valence-corrected chi connectivity index (χ3v) is 5.75. The standard InChI is InChI=1S/C23H28F3N5O3/c1-13-14(2)27-22(30-19(13)31(3)4)29-16-11-9-15(10-12-16)28-20(32)17-7-5-6-8-18(17)34-21(33)23(24,25)26/h5-8,15-16H,9-12H2,1-4H3,(H,28,32)(H,27,29,30). The van der Waals surface area contributed by atoms with Crippen molar-refractivity contribution < 1.29 is 27.5 Å². The molecule has 0 bridgehead atoms. The molecular weight excluding hydrogens is 451 g/mol. The van der Waals surface area contributed by atoms with E-state index in [9.17, 15) is 22.8 Å². The zero-order valence-electron chi connectivity index (χ0n) is 19.5. The predicted molar refractivity (Wildman–Crippen MR) is 121 cm³/mol. The molecule has 184 valence electrons. The Morgan fingerprint density at radius 1 is 1.03 bits per heavy atom. The third-order valence-electron chi connectivity index (χ3n) is 5.75. The number of nitrogens with zero attached hydrogens (tertiary/aromatic N) is 3. The van der Waals surface area contributed by atoms with Crippen LogP contribution in [-0.4, -0.2) is 54.2 Å². The lowest BCUT2D eigenvalue weighted by Crippen LogP contribution is -2.40. The van der Waals surface area contributed by atoms with Gasteiger partial charge in [0.15, 0.2) is 0 Å². The fourth-order valence-electron chi connectivity index (χ4n) is 3.84. The van der Waals surface area contributed by atoms with Gasteiger partial charge in [0.05, 0.1) is 5.56 Å². The van der Waals surface area contributed by atoms with Crippen molar-refractivity contribution >= 4 is 23.6 Å². The number of rotatable bonds is 6. The van der Waals surface area contributed by atoms with Gasteiger partial charge in [-0.3, -0.25) is 4.79 Å². The van der Waals surface area contributed by atoms with Gasteiger partial charge in [0.25, 0.3) is 5.91 Å². The first kappa shape index (κ1) is 25.3. The number of carbonyl (C=O) groups is 2. The highest BCUT2D eigenvalue weighted by Crippen LogP contribution is 2.26. The molecule has 0 spiro atoms. The molecule has 1 aliphatic carbocycles. The van der Waals surface area contributed by atoms with Crippen LogP contribution in [0, 0.1) is 13.8 Å². The fourth-order valence-corrected chi connectivity index (χ4v) is 3.84. The normalized spacial score (nSPS) is 18.2. The van der Waals surface area contributed by atoms with Crippen LogP contribution in [0.5, 0.6) is 5.75 Å². The minimum Gasteiger partial charge on any atom is -0.419 e. The molecule has 1 aromatic heterocycles. The van der Waals surface area contributed by atoms with Gasteiger partial charge in [-0.1, -0.05) is 12.1 Å². The number of esters is 1. The molecule has 34 heavy (non-hydrogen) atoms. The lowest BCUT2D eigenvalue weighted by Gasteiger charge is -2.30. The van der Waals surface area contributed by atoms with Gasteiger partial charge < -0.3 is 20.3 Å². The second kappa shape index (κ2) is 10.3. The highest BCUT2D eigenvalue weighted by atomic mass is 19.4. The van der Waals surface area contributed by atoms with Crippen molar-refractivity contribution in [2.45, 2.75) is 57.8 Å². The molecule has 0 aliphatic heterocycles. The molecule has 1 aliphatic rings. The topological polar surface area (TPSA) is 96.4 Å². The molecule has 3 rings (SSSR count). The molecule has 11 heteroatoms. The molecule has 1 saturated carbocycles. The summed E-state index contributed by atoms with van der Waals surface area (Å²) in [6.07, 6.45) is -2.31. The number of anilines is 2. The molecule has 1 amide bonds. The van der Waals surface area contributed by atoms with Crippen LogP contribution in [0.2, 0.25) is 0 Å². The number of alkyl halides is 3. The maximum Gasteiger partial charge on any atom is 0.491 e. The van der Waals surface area contributed by atoms with Crippen LogP contribution >= 0.6 is 0 Å². The Morgan fingerprint density at radius 3 is 2.26 bits per heavy atom. The summed E-state index contributed by atoms with van der Waals surface area (Å²) in [5, 5.41) is 6.20. The van der Waals surface area contributed by atoms with Crippen LogP contribution in [0.25, 0.3) is 0 Å². The zero-order valence-corrected chi connectivity index (χ0v) is 19.5. The first-order chi connectivity index (χ1) is 16.0. The smallest absolute Gasteiger partial charge is 0.419 e. The minimum atomic E-state index is -5.15. The summed E-state index contributed by atoms with van der Waals surface area (Å²) in [5.41, 5.74) is 1.79. The molecule has 0 unspecified atom stereocenters. The lowest BCUT2D eigenvalue weighted by molar-refractivity contribution is -0.189. The summed E-state index contributed by atoms with van der Waals surface area (Å²) >= 11 is 0. The second-order valence-corrected chi connectivity index (χ2v) is 8.53. The average molecular weight is 480 g/mol. The fraction of sp³-hybridized carbons (Fsp3) is 0.478. The van der Waals surface area contributed by atoms with E-state index >= 15 is 0 Å². The summed E-state index contributed by atoms with van der Waals surface area (Å²) in [6.45, 7) is 3.91. The largest absolute Gasteiger partial charge is 0.491 e. The summed E-state index contributed by atoms with van der Waals surface area (Å²) < 4.78 is 42.0. The summed E-state index contributed by atoms with van der Waals surface area (Å²) in [7, 11) is 3.85. The minimum absolute atomic E-state index is 0.125. The Hall–Kier alpha value is -3.37. The van der Waals surface area contributed by atoms with Crippen LogP contribution in [-0.2, 0) is 4.79 Å². The van der Waals surface area contributed by atoms with E-state index in [1.165, 1.54) is 18.2 Å². The van der Waals surface area contributed by atoms with E-state index in [0.717, 1.165) is 36.0 Å². The molecule has 2 aromatic rings. The van der Waals surface area contributed by atoms with E-state index in [4.69, 9.17) is 0 Å². The molecule has 2 N–H and O–H groups in total. The van der Waals surface area contributed by atoms with Crippen molar-refractivity contribution in [2.75, 3.05) is 24.3 Å². The maximum absolute atomic E-state index is 12.7. The Bertz CT molecular complexity index is 1050. The Labute approximate surface area is 195 Å². The van der Waals surface area contributed by atoms with E-state index in [1.54, 1.807) is 0 Å². The van der Waals surface area contributed by atoms with Crippen LogP contribution in [0.1, 0.15) is 47.3 Å². The first-order valence-electron chi connectivity index (χ1n) is 10.9. The van der Waals surface area contributed by atoms with Crippen molar-refractivity contribution in [1.29, 1.82) is 0 Å². The number of aryl methyl sites for hydroxylation is 1. The molecule has 1 fully saturated rings. The van der Waals surface area contributed by atoms with E-state index < -0.39 is 23.8 Å². The molecule has 1 heterocycles. The monoisotopic (exact) mass is 479 g/mol. The Balaban J connectivity index is 1.58. The van der Waals surface area contributed by atoms with Crippen molar-refractivity contribution in [3.8, 4) is 5.75 Å². The van der Waals surface area contributed by atoms with Gasteiger partial charge in [0, 0.05) is 37.4 Å². The Morgan fingerprint density at radius 2 is 1.65 bits per heavy atom. The van der Waals surface area contributed by atoms with Gasteiger partial charge in [-0.05, 0) is 51.7 Å². The summed E-state index contributed by atoms with van der Waals surface area (Å²) in [5.74, 6) is -1.98. The van der Waals surface area contributed by atoms with Crippen LogP contribution < -0.4 is 20.3 Å². The van der Waals surface area contributed by atoms with Crippen molar-refractivity contribution in [3.63, 3.8) is 0 Å².